The van der Waals surface area contributed by atoms with Crippen LogP contribution in [-0.4, -0.2) is 33.1 Å². The first-order chi connectivity index (χ1) is 9.62. The number of aromatic nitrogens is 2. The van der Waals surface area contributed by atoms with E-state index in [0.717, 1.165) is 25.7 Å². The zero-order valence-corrected chi connectivity index (χ0v) is 11.0. The first kappa shape index (κ1) is 14.4. The zero-order valence-electron chi connectivity index (χ0n) is 11.0. The van der Waals surface area contributed by atoms with E-state index in [1.54, 1.807) is 0 Å². The van der Waals surface area contributed by atoms with E-state index in [4.69, 9.17) is 5.84 Å². The van der Waals surface area contributed by atoms with Crippen LogP contribution in [0.3, 0.4) is 0 Å². The molecule has 1 aliphatic carbocycles. The molecule has 0 atom stereocenters. The highest BCUT2D eigenvalue weighted by Gasteiger charge is 2.34. The van der Waals surface area contributed by atoms with Gasteiger partial charge in [-0.3, -0.25) is 10.1 Å². The molecule has 0 amide bonds. The number of nitrogen functional groups attached to an aromatic ring is 1. The van der Waals surface area contributed by atoms with E-state index in [9.17, 15) is 15.2 Å². The Kier molecular flexibility index (Phi) is 4.30. The molecule has 2 rings (SSSR count). The molecule has 0 radical (unpaired) electrons. The number of nitrogens with one attached hydrogen (secondary N) is 2. The van der Waals surface area contributed by atoms with Crippen molar-refractivity contribution in [3.63, 3.8) is 0 Å². The minimum atomic E-state index is -0.586. The van der Waals surface area contributed by atoms with Gasteiger partial charge in [0.15, 0.2) is 0 Å². The summed E-state index contributed by atoms with van der Waals surface area (Å²) in [5, 5.41) is 23.6. The Hall–Kier alpha value is -2.00. The molecule has 0 saturated heterocycles. The predicted octanol–water partition coefficient (Wildman–Crippen LogP) is 0.635. The van der Waals surface area contributed by atoms with Crippen LogP contribution < -0.4 is 16.6 Å². The summed E-state index contributed by atoms with van der Waals surface area (Å²) in [6, 6.07) is 0. The molecule has 1 aliphatic rings. The zero-order chi connectivity index (χ0) is 14.6. The van der Waals surface area contributed by atoms with Crippen LogP contribution >= 0.6 is 0 Å². The number of anilines is 2. The molecule has 9 heteroatoms. The predicted molar refractivity (Wildman–Crippen MR) is 73.0 cm³/mol. The van der Waals surface area contributed by atoms with Gasteiger partial charge >= 0.3 is 5.69 Å². The van der Waals surface area contributed by atoms with Gasteiger partial charge in [-0.15, -0.1) is 0 Å². The van der Waals surface area contributed by atoms with Gasteiger partial charge in [-0.25, -0.2) is 15.8 Å². The smallest absolute Gasteiger partial charge is 0.354 e. The number of aliphatic hydroxyl groups excluding tert-OH is 1. The van der Waals surface area contributed by atoms with Crippen molar-refractivity contribution in [1.82, 2.24) is 9.97 Å². The first-order valence-corrected chi connectivity index (χ1v) is 6.43. The molecule has 9 nitrogen and oxygen atoms in total. The van der Waals surface area contributed by atoms with E-state index < -0.39 is 4.92 Å². The summed E-state index contributed by atoms with van der Waals surface area (Å²) < 4.78 is 0. The lowest BCUT2D eigenvalue weighted by Gasteiger charge is -2.26. The average molecular weight is 282 g/mol. The van der Waals surface area contributed by atoms with Gasteiger partial charge in [0.05, 0.1) is 11.5 Å². The molecule has 1 aromatic heterocycles. The lowest BCUT2D eigenvalue weighted by atomic mass is 9.87. The van der Waals surface area contributed by atoms with E-state index in [2.05, 4.69) is 20.7 Å². The number of nitrogens with zero attached hydrogens (tertiary/aromatic N) is 3. The third kappa shape index (κ3) is 2.78. The van der Waals surface area contributed by atoms with Gasteiger partial charge in [0, 0.05) is 12.0 Å². The van der Waals surface area contributed by atoms with E-state index in [1.165, 1.54) is 6.33 Å². The maximum atomic E-state index is 11.1. The van der Waals surface area contributed by atoms with Crippen LogP contribution in [0.25, 0.3) is 0 Å². The second-order valence-electron chi connectivity index (χ2n) is 5.04. The van der Waals surface area contributed by atoms with E-state index in [0.29, 0.717) is 6.54 Å². The Labute approximate surface area is 115 Å². The molecule has 20 heavy (non-hydrogen) atoms. The second kappa shape index (κ2) is 5.97. The van der Waals surface area contributed by atoms with Crippen molar-refractivity contribution in [2.45, 2.75) is 25.7 Å². The van der Waals surface area contributed by atoms with Crippen LogP contribution in [0.1, 0.15) is 25.7 Å². The van der Waals surface area contributed by atoms with Crippen LogP contribution in [0.5, 0.6) is 0 Å². The van der Waals surface area contributed by atoms with Crippen LogP contribution in [0.2, 0.25) is 0 Å². The topological polar surface area (TPSA) is 139 Å². The summed E-state index contributed by atoms with van der Waals surface area (Å²) in [4.78, 5) is 18.1. The number of nitro groups is 1. The van der Waals surface area contributed by atoms with Crippen molar-refractivity contribution in [3.8, 4) is 0 Å². The number of hydrazine groups is 1. The molecule has 1 aromatic rings. The summed E-state index contributed by atoms with van der Waals surface area (Å²) in [7, 11) is 0. The highest BCUT2D eigenvalue weighted by molar-refractivity contribution is 5.68. The SMILES string of the molecule is NNc1ncnc(NCC2(CO)CCCC2)c1[N+](=O)[O-]. The highest BCUT2D eigenvalue weighted by Crippen LogP contribution is 2.38. The minimum Gasteiger partial charge on any atom is -0.396 e. The molecule has 0 aromatic carbocycles. The third-order valence-corrected chi connectivity index (χ3v) is 3.77. The number of nitrogens with two attached hydrogens (primary N) is 1. The largest absolute Gasteiger partial charge is 0.396 e. The summed E-state index contributed by atoms with van der Waals surface area (Å²) >= 11 is 0. The van der Waals surface area contributed by atoms with Gasteiger partial charge in [-0.2, -0.15) is 0 Å². The first-order valence-electron chi connectivity index (χ1n) is 6.43. The second-order valence-corrected chi connectivity index (χ2v) is 5.04. The fraction of sp³-hybridized carbons (Fsp3) is 0.636. The fourth-order valence-electron chi connectivity index (χ4n) is 2.57. The van der Waals surface area contributed by atoms with Crippen LogP contribution in [0.15, 0.2) is 6.33 Å². The molecule has 5 N–H and O–H groups in total. The molecular weight excluding hydrogens is 264 g/mol. The van der Waals surface area contributed by atoms with Crippen molar-refractivity contribution in [1.29, 1.82) is 0 Å². The van der Waals surface area contributed by atoms with Gasteiger partial charge in [0.2, 0.25) is 11.6 Å². The standard InChI is InChI=1S/C11H18N6O3/c12-16-10-8(17(19)20)9(14-7-15-10)13-5-11(6-18)3-1-2-4-11/h7,18H,1-6,12H2,(H2,13,14,15,16). The number of rotatable bonds is 6. The van der Waals surface area contributed by atoms with Gasteiger partial charge in [0.25, 0.3) is 0 Å². The Morgan fingerprint density at radius 3 is 2.60 bits per heavy atom. The number of hydrogen-bond acceptors (Lipinski definition) is 8. The Morgan fingerprint density at radius 1 is 1.40 bits per heavy atom. The Morgan fingerprint density at radius 2 is 2.05 bits per heavy atom. The molecule has 1 saturated carbocycles. The molecule has 110 valence electrons. The van der Waals surface area contributed by atoms with E-state index in [-0.39, 0.29) is 29.3 Å². The van der Waals surface area contributed by atoms with Gasteiger partial charge in [-0.05, 0) is 12.8 Å². The average Bonchev–Trinajstić information content (AvgIpc) is 2.93. The lowest BCUT2D eigenvalue weighted by Crippen LogP contribution is -2.31. The normalized spacial score (nSPS) is 16.9. The Bertz CT molecular complexity index is 489. The van der Waals surface area contributed by atoms with Crippen LogP contribution in [0, 0.1) is 15.5 Å². The number of aliphatic hydroxyl groups is 1. The summed E-state index contributed by atoms with van der Waals surface area (Å²) in [5.41, 5.74) is 1.67. The third-order valence-electron chi connectivity index (χ3n) is 3.77. The molecule has 1 fully saturated rings. The fourth-order valence-corrected chi connectivity index (χ4v) is 2.57. The summed E-state index contributed by atoms with van der Waals surface area (Å²) in [6.45, 7) is 0.492. The van der Waals surface area contributed by atoms with Crippen molar-refractivity contribution in [2.75, 3.05) is 23.9 Å². The molecule has 0 aliphatic heterocycles. The van der Waals surface area contributed by atoms with Crippen molar-refractivity contribution in [3.05, 3.63) is 16.4 Å². The molecule has 0 bridgehead atoms. The maximum Gasteiger partial charge on any atom is 0.354 e. The highest BCUT2D eigenvalue weighted by atomic mass is 16.6. The van der Waals surface area contributed by atoms with Crippen molar-refractivity contribution < 1.29 is 10.0 Å². The maximum absolute atomic E-state index is 11.1. The van der Waals surface area contributed by atoms with Crippen LogP contribution in [0.4, 0.5) is 17.3 Å². The Balaban J connectivity index is 2.19. The molecule has 0 spiro atoms. The summed E-state index contributed by atoms with van der Waals surface area (Å²) in [5.74, 6) is 5.28. The number of hydrogen-bond donors (Lipinski definition) is 4. The monoisotopic (exact) mass is 282 g/mol. The van der Waals surface area contributed by atoms with Gasteiger partial charge in [0.1, 0.15) is 6.33 Å². The molecule has 1 heterocycles. The van der Waals surface area contributed by atoms with E-state index in [1.807, 2.05) is 0 Å². The minimum absolute atomic E-state index is 0.0445. The van der Waals surface area contributed by atoms with Crippen molar-refractivity contribution >= 4 is 17.3 Å². The van der Waals surface area contributed by atoms with Crippen LogP contribution in [-0.2, 0) is 0 Å². The molecule has 0 unspecified atom stereocenters. The molecular formula is C11H18N6O3. The lowest BCUT2D eigenvalue weighted by molar-refractivity contribution is -0.383. The van der Waals surface area contributed by atoms with Gasteiger partial charge in [-0.1, -0.05) is 12.8 Å². The van der Waals surface area contributed by atoms with E-state index >= 15 is 0 Å². The van der Waals surface area contributed by atoms with Crippen molar-refractivity contribution in [2.24, 2.45) is 11.3 Å². The van der Waals surface area contributed by atoms with Gasteiger partial charge < -0.3 is 15.8 Å². The quantitative estimate of drug-likeness (QED) is 0.338. The summed E-state index contributed by atoms with van der Waals surface area (Å²) in [6.07, 6.45) is 5.12.